The number of aryl methyl sites for hydroxylation is 1. The minimum atomic E-state index is -0.235. The molecule has 10 heteroatoms. The fourth-order valence-electron chi connectivity index (χ4n) is 4.51. The molecule has 0 unspecified atom stereocenters. The zero-order valence-corrected chi connectivity index (χ0v) is 22.9. The quantitative estimate of drug-likeness (QED) is 0.414. The van der Waals surface area contributed by atoms with Gasteiger partial charge in [-0.05, 0) is 67.1 Å². The molecule has 2 aromatic rings. The Labute approximate surface area is 221 Å². The molecule has 7 nitrogen and oxygen atoms in total. The third-order valence-corrected chi connectivity index (χ3v) is 7.75. The molecule has 2 aromatic heterocycles. The number of hydrogen-bond donors (Lipinski definition) is 1. The molecule has 1 atom stereocenters. The van der Waals surface area contributed by atoms with Crippen LogP contribution in [-0.4, -0.2) is 72.0 Å². The summed E-state index contributed by atoms with van der Waals surface area (Å²) < 4.78 is 5.13. The third-order valence-electron chi connectivity index (χ3n) is 6.55. The van der Waals surface area contributed by atoms with Crippen LogP contribution in [-0.2, 0) is 16.1 Å². The van der Waals surface area contributed by atoms with Crippen molar-refractivity contribution in [2.45, 2.75) is 58.2 Å². The molecular weight excluding hydrogens is 507 g/mol. The van der Waals surface area contributed by atoms with Crippen LogP contribution in [0, 0.1) is 6.92 Å². The molecule has 1 fully saturated rings. The smallest absolute Gasteiger partial charge is 0.254 e. The highest BCUT2D eigenvalue weighted by Gasteiger charge is 2.29. The molecule has 192 valence electrons. The second-order valence-corrected chi connectivity index (χ2v) is 10.5. The van der Waals surface area contributed by atoms with Crippen molar-refractivity contribution < 1.29 is 14.3 Å². The van der Waals surface area contributed by atoms with Crippen molar-refractivity contribution in [3.05, 3.63) is 49.9 Å². The van der Waals surface area contributed by atoms with E-state index in [2.05, 4.69) is 39.0 Å². The van der Waals surface area contributed by atoms with Crippen molar-refractivity contribution in [1.29, 1.82) is 0 Å². The molecule has 0 aromatic carbocycles. The van der Waals surface area contributed by atoms with Gasteiger partial charge in [0.15, 0.2) is 0 Å². The van der Waals surface area contributed by atoms with Gasteiger partial charge in [0.25, 0.3) is 5.91 Å². The first kappa shape index (κ1) is 27.9. The summed E-state index contributed by atoms with van der Waals surface area (Å²) in [6.45, 7) is 7.45. The molecule has 2 amide bonds. The lowest BCUT2D eigenvalue weighted by Gasteiger charge is -2.41. The minimum absolute atomic E-state index is 0.120. The highest BCUT2D eigenvalue weighted by atomic mass is 35.5. The number of amides is 2. The van der Waals surface area contributed by atoms with Crippen LogP contribution in [0.5, 0.6) is 0 Å². The number of aromatic nitrogens is 1. The van der Waals surface area contributed by atoms with Crippen LogP contribution in [0.1, 0.15) is 54.1 Å². The summed E-state index contributed by atoms with van der Waals surface area (Å²) in [7, 11) is 1.63. The number of piperidine rings is 1. The lowest BCUT2D eigenvalue weighted by atomic mass is 10.00. The standard InChI is InChI=1S/C25H34Cl2N4O3S/c1-17-14-21(26)29-24(27)23(17)25(33)28-9-4-18(2)30-10-5-20(6-11-30)31(22(32)7-12-34-3)15-19-8-13-35-16-19/h8,13-14,16,18,20H,4-7,9-12,15H2,1-3H3,(H,28,33)/t18-/m1/s1. The summed E-state index contributed by atoms with van der Waals surface area (Å²) in [4.78, 5) is 34.0. The number of thiophene rings is 1. The van der Waals surface area contributed by atoms with Crippen LogP contribution in [0.3, 0.4) is 0 Å². The van der Waals surface area contributed by atoms with Crippen molar-refractivity contribution in [3.8, 4) is 0 Å². The number of carbonyl (C=O) groups excluding carboxylic acids is 2. The Kier molecular flexibility index (Phi) is 10.8. The van der Waals surface area contributed by atoms with Crippen molar-refractivity contribution >= 4 is 46.4 Å². The zero-order valence-electron chi connectivity index (χ0n) is 20.6. The van der Waals surface area contributed by atoms with Crippen LogP contribution in [0.2, 0.25) is 10.3 Å². The summed E-state index contributed by atoms with van der Waals surface area (Å²) in [5.74, 6) is -0.0841. The maximum absolute atomic E-state index is 12.9. The van der Waals surface area contributed by atoms with E-state index in [9.17, 15) is 9.59 Å². The van der Waals surface area contributed by atoms with Gasteiger partial charge in [0.1, 0.15) is 10.3 Å². The van der Waals surface area contributed by atoms with Crippen LogP contribution in [0.25, 0.3) is 0 Å². The molecule has 0 radical (unpaired) electrons. The van der Waals surface area contributed by atoms with Crippen molar-refractivity contribution in [1.82, 2.24) is 20.1 Å². The molecule has 3 rings (SSSR count). The molecule has 0 spiro atoms. The van der Waals surface area contributed by atoms with E-state index in [1.165, 1.54) is 5.56 Å². The molecule has 0 bridgehead atoms. The molecule has 1 saturated heterocycles. The van der Waals surface area contributed by atoms with Gasteiger partial charge in [0, 0.05) is 45.4 Å². The van der Waals surface area contributed by atoms with Crippen LogP contribution < -0.4 is 5.32 Å². The largest absolute Gasteiger partial charge is 0.384 e. The van der Waals surface area contributed by atoms with Crippen LogP contribution >= 0.6 is 34.5 Å². The number of hydrogen-bond acceptors (Lipinski definition) is 6. The van der Waals surface area contributed by atoms with Gasteiger partial charge in [-0.25, -0.2) is 4.98 Å². The van der Waals surface area contributed by atoms with Crippen LogP contribution in [0.15, 0.2) is 22.9 Å². The average Bonchev–Trinajstić information content (AvgIpc) is 3.34. The predicted molar refractivity (Wildman–Crippen MR) is 141 cm³/mol. The number of methoxy groups -OCH3 is 1. The van der Waals surface area contributed by atoms with Crippen LogP contribution in [0.4, 0.5) is 0 Å². The van der Waals surface area contributed by atoms with E-state index in [-0.39, 0.29) is 28.2 Å². The van der Waals surface area contributed by atoms with Gasteiger partial charge in [-0.3, -0.25) is 9.59 Å². The first-order valence-corrected chi connectivity index (χ1v) is 13.6. The van der Waals surface area contributed by atoms with Gasteiger partial charge in [-0.1, -0.05) is 23.2 Å². The third kappa shape index (κ3) is 7.89. The number of carbonyl (C=O) groups is 2. The maximum atomic E-state index is 12.9. The molecule has 0 aliphatic carbocycles. The lowest BCUT2D eigenvalue weighted by Crippen LogP contribution is -2.49. The van der Waals surface area contributed by atoms with Crippen molar-refractivity contribution in [3.63, 3.8) is 0 Å². The highest BCUT2D eigenvalue weighted by Crippen LogP contribution is 2.24. The highest BCUT2D eigenvalue weighted by molar-refractivity contribution is 7.07. The topological polar surface area (TPSA) is 74.8 Å². The summed E-state index contributed by atoms with van der Waals surface area (Å²) in [6.07, 6.45) is 3.10. The SMILES string of the molecule is COCCC(=O)N(Cc1ccsc1)C1CCN([C@H](C)CCNC(=O)c2c(C)cc(Cl)nc2Cl)CC1. The average molecular weight is 542 g/mol. The number of nitrogens with one attached hydrogen (secondary N) is 1. The van der Waals surface area contributed by atoms with E-state index in [0.717, 1.165) is 32.4 Å². The zero-order chi connectivity index (χ0) is 25.4. The summed E-state index contributed by atoms with van der Waals surface area (Å²) in [5.41, 5.74) is 2.25. The first-order valence-electron chi connectivity index (χ1n) is 11.9. The monoisotopic (exact) mass is 540 g/mol. The molecule has 3 heterocycles. The molecule has 1 aliphatic heterocycles. The van der Waals surface area contributed by atoms with E-state index in [0.29, 0.717) is 43.3 Å². The maximum Gasteiger partial charge on any atom is 0.254 e. The Morgan fingerprint density at radius 2 is 2.09 bits per heavy atom. The lowest BCUT2D eigenvalue weighted by molar-refractivity contribution is -0.136. The number of likely N-dealkylation sites (tertiary alicyclic amines) is 1. The Bertz CT molecular complexity index is 958. The van der Waals surface area contributed by atoms with Gasteiger partial charge in [-0.2, -0.15) is 11.3 Å². The van der Waals surface area contributed by atoms with E-state index >= 15 is 0 Å². The second kappa shape index (κ2) is 13.6. The minimum Gasteiger partial charge on any atom is -0.384 e. The number of halogens is 2. The molecule has 35 heavy (non-hydrogen) atoms. The number of ether oxygens (including phenoxy) is 1. The van der Waals surface area contributed by atoms with Gasteiger partial charge in [0.2, 0.25) is 5.91 Å². The molecule has 1 aliphatic rings. The van der Waals surface area contributed by atoms with Crippen molar-refractivity contribution in [2.24, 2.45) is 0 Å². The van der Waals surface area contributed by atoms with Gasteiger partial charge in [-0.15, -0.1) is 0 Å². The van der Waals surface area contributed by atoms with Gasteiger partial charge in [0.05, 0.1) is 18.6 Å². The van der Waals surface area contributed by atoms with E-state index in [1.807, 2.05) is 4.90 Å². The fourth-order valence-corrected chi connectivity index (χ4v) is 5.78. The molecular formula is C25H34Cl2N4O3S. The number of rotatable bonds is 11. The molecule has 0 saturated carbocycles. The Hall–Kier alpha value is -1.71. The Balaban J connectivity index is 1.49. The number of pyridine rings is 1. The van der Waals surface area contributed by atoms with E-state index in [1.54, 1.807) is 31.4 Å². The van der Waals surface area contributed by atoms with Gasteiger partial charge < -0.3 is 19.9 Å². The Morgan fingerprint density at radius 3 is 2.71 bits per heavy atom. The summed E-state index contributed by atoms with van der Waals surface area (Å²) in [6, 6.07) is 4.26. The Morgan fingerprint density at radius 1 is 1.34 bits per heavy atom. The summed E-state index contributed by atoms with van der Waals surface area (Å²) >= 11 is 13.7. The normalized spacial score (nSPS) is 15.7. The van der Waals surface area contributed by atoms with E-state index < -0.39 is 0 Å². The fraction of sp³-hybridized carbons (Fsp3) is 0.560. The van der Waals surface area contributed by atoms with Crippen molar-refractivity contribution in [2.75, 3.05) is 33.4 Å². The predicted octanol–water partition coefficient (Wildman–Crippen LogP) is 4.80. The number of nitrogens with zero attached hydrogens (tertiary/aromatic N) is 3. The first-order chi connectivity index (χ1) is 16.8. The van der Waals surface area contributed by atoms with Gasteiger partial charge >= 0.3 is 0 Å². The summed E-state index contributed by atoms with van der Waals surface area (Å²) in [5, 5.41) is 7.51. The second-order valence-electron chi connectivity index (χ2n) is 8.98. The van der Waals surface area contributed by atoms with E-state index in [4.69, 9.17) is 27.9 Å². The molecule has 1 N–H and O–H groups in total.